The molecule has 124 valence electrons. The van der Waals surface area contributed by atoms with E-state index in [1.54, 1.807) is 24.3 Å². The van der Waals surface area contributed by atoms with Crippen molar-refractivity contribution in [1.82, 2.24) is 0 Å². The van der Waals surface area contributed by atoms with Crippen LogP contribution in [0.4, 0.5) is 0 Å². The number of carbonyl (C=O) groups excluding carboxylic acids is 2. The molecule has 1 N–H and O–H groups in total. The molecule has 5 heteroatoms. The van der Waals surface area contributed by atoms with Crippen LogP contribution in [0.15, 0.2) is 54.1 Å². The highest BCUT2D eigenvalue weighted by Crippen LogP contribution is 2.55. The first-order valence-corrected chi connectivity index (χ1v) is 8.15. The van der Waals surface area contributed by atoms with Crippen LogP contribution in [0.3, 0.4) is 0 Å². The predicted molar refractivity (Wildman–Crippen MR) is 87.5 cm³/mol. The van der Waals surface area contributed by atoms with E-state index in [4.69, 9.17) is 9.47 Å². The van der Waals surface area contributed by atoms with Crippen LogP contribution in [0.2, 0.25) is 0 Å². The SMILES string of the molecule is O=C1CC=C2C(C1)Oc1cc(O)ccc1C21OC(=O)c2ccccc21. The summed E-state index contributed by atoms with van der Waals surface area (Å²) in [6.45, 7) is 0. The Morgan fingerprint density at radius 1 is 1.08 bits per heavy atom. The molecule has 1 spiro atoms. The van der Waals surface area contributed by atoms with Gasteiger partial charge in [0.05, 0.1) is 5.56 Å². The fourth-order valence-corrected chi connectivity index (χ4v) is 4.07. The number of allylic oxidation sites excluding steroid dienone is 1. The van der Waals surface area contributed by atoms with E-state index in [1.807, 2.05) is 18.2 Å². The summed E-state index contributed by atoms with van der Waals surface area (Å²) in [6, 6.07) is 12.0. The number of hydrogen-bond donors (Lipinski definition) is 1. The zero-order chi connectivity index (χ0) is 17.2. The van der Waals surface area contributed by atoms with E-state index in [-0.39, 0.29) is 18.0 Å². The lowest BCUT2D eigenvalue weighted by atomic mass is 9.72. The minimum absolute atomic E-state index is 0.0566. The number of fused-ring (bicyclic) bond motifs is 6. The van der Waals surface area contributed by atoms with Crippen LogP contribution in [-0.4, -0.2) is 23.0 Å². The van der Waals surface area contributed by atoms with Crippen molar-refractivity contribution >= 4 is 11.8 Å². The molecule has 1 aliphatic carbocycles. The molecule has 0 radical (unpaired) electrons. The zero-order valence-corrected chi connectivity index (χ0v) is 13.2. The second-order valence-electron chi connectivity index (χ2n) is 6.51. The second-order valence-corrected chi connectivity index (χ2v) is 6.51. The van der Waals surface area contributed by atoms with Gasteiger partial charge in [-0.15, -0.1) is 0 Å². The van der Waals surface area contributed by atoms with Crippen molar-refractivity contribution in [2.45, 2.75) is 24.5 Å². The molecule has 0 amide bonds. The normalized spacial score (nSPS) is 26.2. The van der Waals surface area contributed by atoms with Crippen LogP contribution < -0.4 is 4.74 Å². The van der Waals surface area contributed by atoms with Crippen molar-refractivity contribution in [2.75, 3.05) is 0 Å². The van der Waals surface area contributed by atoms with Crippen LogP contribution in [-0.2, 0) is 15.1 Å². The molecule has 2 aliphatic heterocycles. The molecule has 2 aromatic rings. The number of aromatic hydroxyl groups is 1. The Bertz CT molecular complexity index is 974. The van der Waals surface area contributed by atoms with E-state index in [2.05, 4.69) is 0 Å². The standard InChI is InChI=1S/C20H14O5/c21-11-5-7-15-17(9-11)24-18-10-12(22)6-8-16(18)20(15)14-4-2-1-3-13(14)19(23)25-20/h1-5,7-9,18,21H,6,10H2. The molecule has 5 rings (SSSR count). The van der Waals surface area contributed by atoms with Gasteiger partial charge in [-0.2, -0.15) is 0 Å². The van der Waals surface area contributed by atoms with Gasteiger partial charge >= 0.3 is 5.97 Å². The van der Waals surface area contributed by atoms with Crippen LogP contribution in [0.5, 0.6) is 11.5 Å². The van der Waals surface area contributed by atoms with Gasteiger partial charge in [-0.1, -0.05) is 24.3 Å². The Morgan fingerprint density at radius 2 is 1.92 bits per heavy atom. The fourth-order valence-electron chi connectivity index (χ4n) is 4.07. The first kappa shape index (κ1) is 14.3. The van der Waals surface area contributed by atoms with E-state index in [0.29, 0.717) is 23.3 Å². The number of phenolic OH excluding ortho intramolecular Hbond substituents is 1. The molecule has 25 heavy (non-hydrogen) atoms. The largest absolute Gasteiger partial charge is 0.508 e. The Labute approximate surface area is 143 Å². The van der Waals surface area contributed by atoms with Crippen molar-refractivity contribution < 1.29 is 24.2 Å². The number of esters is 1. The molecule has 3 aliphatic rings. The highest BCUT2D eigenvalue weighted by molar-refractivity contribution is 5.97. The number of benzene rings is 2. The minimum atomic E-state index is -1.10. The lowest BCUT2D eigenvalue weighted by Crippen LogP contribution is -2.44. The topological polar surface area (TPSA) is 72.8 Å². The quantitative estimate of drug-likeness (QED) is 0.592. The number of carbonyl (C=O) groups is 2. The molecule has 2 atom stereocenters. The predicted octanol–water partition coefficient (Wildman–Crippen LogP) is 2.86. The van der Waals surface area contributed by atoms with Gasteiger partial charge in [0.1, 0.15) is 23.4 Å². The molecule has 0 fully saturated rings. The average Bonchev–Trinajstić information content (AvgIpc) is 2.88. The molecular formula is C20H14O5. The number of Topliss-reactive ketones (excluding diaryl/α,β-unsaturated/α-hetero) is 1. The van der Waals surface area contributed by atoms with Gasteiger partial charge in [0.15, 0.2) is 5.60 Å². The van der Waals surface area contributed by atoms with E-state index in [9.17, 15) is 14.7 Å². The molecule has 2 unspecified atom stereocenters. The summed E-state index contributed by atoms with van der Waals surface area (Å²) >= 11 is 0. The van der Waals surface area contributed by atoms with Gasteiger partial charge in [-0.05, 0) is 18.2 Å². The van der Waals surface area contributed by atoms with Crippen molar-refractivity contribution in [2.24, 2.45) is 0 Å². The minimum Gasteiger partial charge on any atom is -0.508 e. The Hall–Kier alpha value is -3.08. The average molecular weight is 334 g/mol. The molecule has 0 saturated carbocycles. The van der Waals surface area contributed by atoms with Gasteiger partial charge in [0.2, 0.25) is 0 Å². The molecular weight excluding hydrogens is 320 g/mol. The first-order chi connectivity index (χ1) is 12.1. The Balaban J connectivity index is 1.85. The van der Waals surface area contributed by atoms with Crippen LogP contribution >= 0.6 is 0 Å². The van der Waals surface area contributed by atoms with Crippen LogP contribution in [0.25, 0.3) is 0 Å². The highest BCUT2D eigenvalue weighted by Gasteiger charge is 2.56. The van der Waals surface area contributed by atoms with Crippen molar-refractivity contribution in [3.63, 3.8) is 0 Å². The lowest BCUT2D eigenvalue weighted by molar-refractivity contribution is -0.120. The summed E-state index contributed by atoms with van der Waals surface area (Å²) < 4.78 is 11.9. The maximum atomic E-state index is 12.5. The van der Waals surface area contributed by atoms with Crippen LogP contribution in [0.1, 0.15) is 34.3 Å². The lowest BCUT2D eigenvalue weighted by Gasteiger charge is -2.42. The van der Waals surface area contributed by atoms with Gasteiger partial charge in [-0.25, -0.2) is 4.79 Å². The van der Waals surface area contributed by atoms with Crippen LogP contribution in [0, 0.1) is 0 Å². The Kier molecular flexibility index (Phi) is 2.70. The molecule has 0 saturated heterocycles. The van der Waals surface area contributed by atoms with Crippen molar-refractivity contribution in [3.8, 4) is 11.5 Å². The third-order valence-corrected chi connectivity index (χ3v) is 5.10. The van der Waals surface area contributed by atoms with Gasteiger partial charge < -0.3 is 14.6 Å². The van der Waals surface area contributed by atoms with Gasteiger partial charge in [0.25, 0.3) is 0 Å². The third kappa shape index (κ3) is 1.78. The maximum Gasteiger partial charge on any atom is 0.340 e. The molecule has 0 aromatic heterocycles. The number of hydrogen-bond acceptors (Lipinski definition) is 5. The fraction of sp³-hybridized carbons (Fsp3) is 0.200. The number of ether oxygens (including phenoxy) is 2. The summed E-state index contributed by atoms with van der Waals surface area (Å²) in [6.07, 6.45) is 1.84. The second kappa shape index (κ2) is 4.72. The van der Waals surface area contributed by atoms with E-state index < -0.39 is 17.7 Å². The van der Waals surface area contributed by atoms with Crippen molar-refractivity contribution in [3.05, 3.63) is 70.8 Å². The number of rotatable bonds is 0. The summed E-state index contributed by atoms with van der Waals surface area (Å²) in [5.41, 5.74) is 1.62. The monoisotopic (exact) mass is 334 g/mol. The highest BCUT2D eigenvalue weighted by atomic mass is 16.6. The maximum absolute atomic E-state index is 12.5. The van der Waals surface area contributed by atoms with Gasteiger partial charge in [-0.3, -0.25) is 4.79 Å². The van der Waals surface area contributed by atoms with Crippen molar-refractivity contribution in [1.29, 1.82) is 0 Å². The molecule has 2 aromatic carbocycles. The number of phenols is 1. The third-order valence-electron chi connectivity index (χ3n) is 5.10. The van der Waals surface area contributed by atoms with E-state index in [0.717, 1.165) is 11.1 Å². The zero-order valence-electron chi connectivity index (χ0n) is 13.2. The molecule has 0 bridgehead atoms. The Morgan fingerprint density at radius 3 is 2.80 bits per heavy atom. The van der Waals surface area contributed by atoms with E-state index in [1.165, 1.54) is 6.07 Å². The first-order valence-electron chi connectivity index (χ1n) is 8.15. The molecule has 2 heterocycles. The smallest absolute Gasteiger partial charge is 0.340 e. The summed E-state index contributed by atoms with van der Waals surface area (Å²) in [7, 11) is 0. The summed E-state index contributed by atoms with van der Waals surface area (Å²) in [5.74, 6) is 0.167. The van der Waals surface area contributed by atoms with E-state index >= 15 is 0 Å². The summed E-state index contributed by atoms with van der Waals surface area (Å²) in [5, 5.41) is 9.85. The molecule has 5 nitrogen and oxygen atoms in total. The number of ketones is 1. The summed E-state index contributed by atoms with van der Waals surface area (Å²) in [4.78, 5) is 24.5. The van der Waals surface area contributed by atoms with Gasteiger partial charge in [0, 0.05) is 35.6 Å².